The van der Waals surface area contributed by atoms with Gasteiger partial charge in [0, 0.05) is 18.6 Å². The molecule has 4 N–H and O–H groups in total. The van der Waals surface area contributed by atoms with Crippen molar-refractivity contribution >= 4 is 23.2 Å². The molecule has 0 saturated carbocycles. The van der Waals surface area contributed by atoms with Crippen molar-refractivity contribution in [2.24, 2.45) is 0 Å². The van der Waals surface area contributed by atoms with Crippen molar-refractivity contribution in [3.05, 3.63) is 30.7 Å². The number of nitrogen functional groups attached to an aromatic ring is 1. The van der Waals surface area contributed by atoms with Crippen LogP contribution in [0, 0.1) is 0 Å². The Morgan fingerprint density at radius 3 is 3.12 bits per heavy atom. The molecule has 0 aliphatic heterocycles. The van der Waals surface area contributed by atoms with Crippen molar-refractivity contribution in [3.8, 4) is 0 Å². The number of nitrogens with two attached hydrogens (primary N) is 1. The van der Waals surface area contributed by atoms with Gasteiger partial charge >= 0.3 is 0 Å². The Hall–Kier alpha value is -2.57. The Kier molecular flexibility index (Phi) is 1.76. The molecule has 0 amide bonds. The number of imidazole rings is 1. The van der Waals surface area contributed by atoms with Gasteiger partial charge in [-0.3, -0.25) is 0 Å². The van der Waals surface area contributed by atoms with Gasteiger partial charge in [-0.25, -0.2) is 10.1 Å². The predicted molar refractivity (Wildman–Crippen MR) is 59.3 cm³/mol. The van der Waals surface area contributed by atoms with Crippen LogP contribution in [0.1, 0.15) is 0 Å². The minimum absolute atomic E-state index is 0.284. The molecule has 0 aliphatic carbocycles. The first-order chi connectivity index (χ1) is 7.81. The molecule has 0 unspecified atom stereocenters. The van der Waals surface area contributed by atoms with Crippen molar-refractivity contribution in [1.29, 1.82) is 0 Å². The van der Waals surface area contributed by atoms with Crippen LogP contribution in [0.4, 0.5) is 17.6 Å². The molecular formula is C9H9N7. The molecule has 0 bridgehead atoms. The van der Waals surface area contributed by atoms with Crippen molar-refractivity contribution in [3.63, 3.8) is 0 Å². The Morgan fingerprint density at radius 1 is 1.38 bits per heavy atom. The molecule has 3 rings (SSSR count). The SMILES string of the molecule is Nc1nc(Nc2ccc3nccn3c2)n[nH]1. The lowest BCUT2D eigenvalue weighted by Crippen LogP contribution is -1.94. The summed E-state index contributed by atoms with van der Waals surface area (Å²) in [6.07, 6.45) is 5.51. The number of hydrogen-bond acceptors (Lipinski definition) is 5. The molecule has 0 aromatic carbocycles. The summed E-state index contributed by atoms with van der Waals surface area (Å²) in [5.41, 5.74) is 7.18. The van der Waals surface area contributed by atoms with E-state index in [1.807, 2.05) is 28.9 Å². The van der Waals surface area contributed by atoms with E-state index in [0.29, 0.717) is 5.95 Å². The van der Waals surface area contributed by atoms with Crippen LogP contribution in [0.15, 0.2) is 30.7 Å². The minimum Gasteiger partial charge on any atom is -0.368 e. The number of hydrogen-bond donors (Lipinski definition) is 3. The lowest BCUT2D eigenvalue weighted by molar-refractivity contribution is 1.10. The van der Waals surface area contributed by atoms with Gasteiger partial charge < -0.3 is 15.5 Å². The summed E-state index contributed by atoms with van der Waals surface area (Å²) in [4.78, 5) is 8.10. The third kappa shape index (κ3) is 1.44. The van der Waals surface area contributed by atoms with Gasteiger partial charge in [0.2, 0.25) is 11.9 Å². The maximum atomic E-state index is 5.42. The molecule has 0 fully saturated rings. The number of H-pyrrole nitrogens is 1. The van der Waals surface area contributed by atoms with Gasteiger partial charge in [0.25, 0.3) is 0 Å². The van der Waals surface area contributed by atoms with Gasteiger partial charge in [0.1, 0.15) is 5.65 Å². The lowest BCUT2D eigenvalue weighted by atomic mass is 10.4. The average Bonchev–Trinajstić information content (AvgIpc) is 2.87. The predicted octanol–water partition coefficient (Wildman–Crippen LogP) is 0.778. The highest BCUT2D eigenvalue weighted by atomic mass is 15.3. The zero-order valence-electron chi connectivity index (χ0n) is 8.25. The Balaban J connectivity index is 1.94. The van der Waals surface area contributed by atoms with Gasteiger partial charge in [0.15, 0.2) is 0 Å². The van der Waals surface area contributed by atoms with E-state index in [1.165, 1.54) is 0 Å². The van der Waals surface area contributed by atoms with E-state index in [4.69, 9.17) is 5.73 Å². The van der Waals surface area contributed by atoms with Crippen LogP contribution < -0.4 is 11.1 Å². The monoisotopic (exact) mass is 215 g/mol. The van der Waals surface area contributed by atoms with Gasteiger partial charge in [-0.2, -0.15) is 4.98 Å². The minimum atomic E-state index is 0.284. The van der Waals surface area contributed by atoms with Crippen LogP contribution >= 0.6 is 0 Å². The second kappa shape index (κ2) is 3.23. The summed E-state index contributed by atoms with van der Waals surface area (Å²) in [5.74, 6) is 0.725. The van der Waals surface area contributed by atoms with Crippen molar-refractivity contribution in [2.45, 2.75) is 0 Å². The van der Waals surface area contributed by atoms with Crippen LogP contribution in [-0.4, -0.2) is 24.6 Å². The highest BCUT2D eigenvalue weighted by Crippen LogP contribution is 2.13. The molecule has 3 aromatic rings. The summed E-state index contributed by atoms with van der Waals surface area (Å²) in [7, 11) is 0. The maximum absolute atomic E-state index is 5.42. The third-order valence-corrected chi connectivity index (χ3v) is 2.15. The molecule has 0 spiro atoms. The third-order valence-electron chi connectivity index (χ3n) is 2.15. The van der Waals surface area contributed by atoms with Crippen molar-refractivity contribution < 1.29 is 0 Å². The fourth-order valence-electron chi connectivity index (χ4n) is 1.45. The fourth-order valence-corrected chi connectivity index (χ4v) is 1.45. The quantitative estimate of drug-likeness (QED) is 0.586. The Bertz CT molecular complexity index is 623. The Morgan fingerprint density at radius 2 is 2.31 bits per heavy atom. The first kappa shape index (κ1) is 8.72. The summed E-state index contributed by atoms with van der Waals surface area (Å²) in [5, 5.41) is 9.46. The molecule has 0 radical (unpaired) electrons. The number of fused-ring (bicyclic) bond motifs is 1. The van der Waals surface area contributed by atoms with Crippen LogP contribution in [-0.2, 0) is 0 Å². The smallest absolute Gasteiger partial charge is 0.248 e. The number of rotatable bonds is 2. The first-order valence-electron chi connectivity index (χ1n) is 4.69. The van der Waals surface area contributed by atoms with Crippen LogP contribution in [0.25, 0.3) is 5.65 Å². The van der Waals surface area contributed by atoms with E-state index < -0.39 is 0 Å². The molecule has 0 aliphatic rings. The second-order valence-corrected chi connectivity index (χ2v) is 3.28. The van der Waals surface area contributed by atoms with E-state index in [1.54, 1.807) is 6.20 Å². The van der Waals surface area contributed by atoms with Crippen LogP contribution in [0.5, 0.6) is 0 Å². The number of anilines is 3. The molecule has 0 atom stereocenters. The summed E-state index contributed by atoms with van der Waals surface area (Å²) < 4.78 is 1.90. The van der Waals surface area contributed by atoms with E-state index in [9.17, 15) is 0 Å². The van der Waals surface area contributed by atoms with Gasteiger partial charge in [-0.15, -0.1) is 5.10 Å². The number of nitrogens with zero attached hydrogens (tertiary/aromatic N) is 4. The number of aromatic nitrogens is 5. The van der Waals surface area contributed by atoms with E-state index in [-0.39, 0.29) is 5.95 Å². The normalized spacial score (nSPS) is 10.8. The molecule has 7 heteroatoms. The van der Waals surface area contributed by atoms with Crippen molar-refractivity contribution in [2.75, 3.05) is 11.1 Å². The van der Waals surface area contributed by atoms with Crippen molar-refractivity contribution in [1.82, 2.24) is 24.6 Å². The summed E-state index contributed by atoms with van der Waals surface area (Å²) >= 11 is 0. The topological polar surface area (TPSA) is 96.9 Å². The van der Waals surface area contributed by atoms with E-state index >= 15 is 0 Å². The molecule has 80 valence electrons. The summed E-state index contributed by atoms with van der Waals surface area (Å²) in [6.45, 7) is 0. The van der Waals surface area contributed by atoms with Gasteiger partial charge in [-0.05, 0) is 12.1 Å². The number of nitrogens with one attached hydrogen (secondary N) is 2. The first-order valence-corrected chi connectivity index (χ1v) is 4.69. The second-order valence-electron chi connectivity index (χ2n) is 3.28. The number of aromatic amines is 1. The molecule has 7 nitrogen and oxygen atoms in total. The lowest BCUT2D eigenvalue weighted by Gasteiger charge is -2.01. The maximum Gasteiger partial charge on any atom is 0.248 e. The molecule has 16 heavy (non-hydrogen) atoms. The molecule has 0 saturated heterocycles. The largest absolute Gasteiger partial charge is 0.368 e. The summed E-state index contributed by atoms with van der Waals surface area (Å²) in [6, 6.07) is 3.80. The molecule has 3 aromatic heterocycles. The Labute approximate surface area is 90.3 Å². The van der Waals surface area contributed by atoms with Crippen LogP contribution in [0.3, 0.4) is 0 Å². The van der Waals surface area contributed by atoms with Gasteiger partial charge in [0.05, 0.1) is 5.69 Å². The van der Waals surface area contributed by atoms with Gasteiger partial charge in [-0.1, -0.05) is 0 Å². The highest BCUT2D eigenvalue weighted by molar-refractivity contribution is 5.56. The zero-order valence-corrected chi connectivity index (χ0v) is 8.25. The molecular weight excluding hydrogens is 206 g/mol. The zero-order chi connectivity index (χ0) is 11.0. The van der Waals surface area contributed by atoms with E-state index in [0.717, 1.165) is 11.3 Å². The fraction of sp³-hybridized carbons (Fsp3) is 0. The van der Waals surface area contributed by atoms with E-state index in [2.05, 4.69) is 25.5 Å². The number of pyridine rings is 1. The van der Waals surface area contributed by atoms with Crippen LogP contribution in [0.2, 0.25) is 0 Å². The highest BCUT2D eigenvalue weighted by Gasteiger charge is 2.01. The standard InChI is InChI=1S/C9H9N7/c10-8-13-9(15-14-8)12-6-1-2-7-11-3-4-16(7)5-6/h1-5H,(H4,10,12,13,14,15). The average molecular weight is 215 g/mol. The molecule has 3 heterocycles.